The molecule has 0 amide bonds. The first-order valence-electron chi connectivity index (χ1n) is 7.59. The molecular formula is C15H21N3O2S. The summed E-state index contributed by atoms with van der Waals surface area (Å²) in [6.07, 6.45) is 10.2. The van der Waals surface area contributed by atoms with Gasteiger partial charge >= 0.3 is 5.97 Å². The van der Waals surface area contributed by atoms with E-state index in [-0.39, 0.29) is 5.97 Å². The minimum Gasteiger partial charge on any atom is -0.465 e. The van der Waals surface area contributed by atoms with E-state index in [1.54, 1.807) is 30.4 Å². The van der Waals surface area contributed by atoms with Crippen LogP contribution in [0.15, 0.2) is 23.6 Å². The number of rotatable bonds is 6. The van der Waals surface area contributed by atoms with Gasteiger partial charge in [-0.05, 0) is 39.0 Å². The molecule has 2 fully saturated rings. The van der Waals surface area contributed by atoms with Crippen molar-refractivity contribution in [3.63, 3.8) is 0 Å². The smallest absolute Gasteiger partial charge is 0.326 e. The average Bonchev–Trinajstić information content (AvgIpc) is 3.20. The zero-order valence-electron chi connectivity index (χ0n) is 12.2. The summed E-state index contributed by atoms with van der Waals surface area (Å²) in [6, 6.07) is 0.495. The Morgan fingerprint density at radius 1 is 1.48 bits per heavy atom. The highest BCUT2D eigenvalue weighted by molar-refractivity contribution is 7.99. The second kappa shape index (κ2) is 6.32. The van der Waals surface area contributed by atoms with Crippen molar-refractivity contribution in [2.75, 3.05) is 6.61 Å². The minimum atomic E-state index is -0.489. The quantitative estimate of drug-likeness (QED) is 0.813. The lowest BCUT2D eigenvalue weighted by Gasteiger charge is -2.28. The van der Waals surface area contributed by atoms with Crippen LogP contribution in [-0.2, 0) is 9.53 Å². The van der Waals surface area contributed by atoms with Gasteiger partial charge < -0.3 is 4.74 Å². The zero-order valence-corrected chi connectivity index (χ0v) is 13.1. The fourth-order valence-electron chi connectivity index (χ4n) is 2.88. The Kier molecular flexibility index (Phi) is 4.45. The standard InChI is InChI=1S/C15H21N3O2S/c1-2-20-14(19)15(18-11-3-4-11)6-5-12(9-15)21-13-10-16-7-8-17-13/h7-8,10-12,18H,2-6,9H2,1H3. The summed E-state index contributed by atoms with van der Waals surface area (Å²) < 4.78 is 5.32. The van der Waals surface area contributed by atoms with E-state index >= 15 is 0 Å². The van der Waals surface area contributed by atoms with Gasteiger partial charge in [-0.2, -0.15) is 0 Å². The van der Waals surface area contributed by atoms with Gasteiger partial charge in [0.15, 0.2) is 0 Å². The monoisotopic (exact) mass is 307 g/mol. The Balaban J connectivity index is 1.66. The van der Waals surface area contributed by atoms with E-state index in [0.29, 0.717) is 17.9 Å². The first kappa shape index (κ1) is 14.8. The highest BCUT2D eigenvalue weighted by atomic mass is 32.2. The van der Waals surface area contributed by atoms with Crippen molar-refractivity contribution in [3.05, 3.63) is 18.6 Å². The summed E-state index contributed by atoms with van der Waals surface area (Å²) >= 11 is 1.72. The molecule has 0 spiro atoms. The van der Waals surface area contributed by atoms with E-state index in [9.17, 15) is 4.79 Å². The number of nitrogens with one attached hydrogen (secondary N) is 1. The van der Waals surface area contributed by atoms with Gasteiger partial charge in [0.2, 0.25) is 0 Å². The molecule has 2 unspecified atom stereocenters. The lowest BCUT2D eigenvalue weighted by molar-refractivity contribution is -0.151. The SMILES string of the molecule is CCOC(=O)C1(NC2CC2)CCC(Sc2cnccn2)C1. The molecule has 2 aliphatic rings. The highest BCUT2D eigenvalue weighted by Gasteiger charge is 2.49. The van der Waals surface area contributed by atoms with Gasteiger partial charge in [-0.15, -0.1) is 11.8 Å². The lowest BCUT2D eigenvalue weighted by Crippen LogP contribution is -2.52. The molecular weight excluding hydrogens is 286 g/mol. The van der Waals surface area contributed by atoms with Crippen molar-refractivity contribution in [2.45, 2.75) is 60.9 Å². The van der Waals surface area contributed by atoms with E-state index in [1.165, 1.54) is 12.8 Å². The van der Waals surface area contributed by atoms with Crippen LogP contribution in [-0.4, -0.2) is 39.4 Å². The van der Waals surface area contributed by atoms with Crippen molar-refractivity contribution in [2.24, 2.45) is 0 Å². The molecule has 2 atom stereocenters. The van der Waals surface area contributed by atoms with Crippen LogP contribution in [0, 0.1) is 0 Å². The second-order valence-corrected chi connectivity index (χ2v) is 7.07. The summed E-state index contributed by atoms with van der Waals surface area (Å²) in [7, 11) is 0. The Bertz CT molecular complexity index is 495. The molecule has 114 valence electrons. The molecule has 6 heteroatoms. The molecule has 0 aliphatic heterocycles. The maximum atomic E-state index is 12.4. The highest BCUT2D eigenvalue weighted by Crippen LogP contribution is 2.41. The van der Waals surface area contributed by atoms with Gasteiger partial charge in [-0.3, -0.25) is 15.1 Å². The molecule has 2 saturated carbocycles. The molecule has 0 aromatic carbocycles. The molecule has 2 aliphatic carbocycles. The van der Waals surface area contributed by atoms with Crippen LogP contribution in [0.3, 0.4) is 0 Å². The van der Waals surface area contributed by atoms with Crippen LogP contribution in [0.5, 0.6) is 0 Å². The predicted octanol–water partition coefficient (Wildman–Crippen LogP) is 2.18. The second-order valence-electron chi connectivity index (χ2n) is 5.75. The van der Waals surface area contributed by atoms with Crippen molar-refractivity contribution >= 4 is 17.7 Å². The third-order valence-electron chi connectivity index (χ3n) is 4.02. The number of nitrogens with zero attached hydrogens (tertiary/aromatic N) is 2. The summed E-state index contributed by atoms with van der Waals surface area (Å²) in [5, 5.41) is 4.85. The van der Waals surface area contributed by atoms with E-state index in [1.807, 2.05) is 6.92 Å². The van der Waals surface area contributed by atoms with E-state index < -0.39 is 5.54 Å². The van der Waals surface area contributed by atoms with Crippen LogP contribution in [0.25, 0.3) is 0 Å². The molecule has 0 bridgehead atoms. The average molecular weight is 307 g/mol. The van der Waals surface area contributed by atoms with Crippen LogP contribution in [0.1, 0.15) is 39.0 Å². The van der Waals surface area contributed by atoms with Gasteiger partial charge in [0.1, 0.15) is 10.6 Å². The van der Waals surface area contributed by atoms with Crippen molar-refractivity contribution < 1.29 is 9.53 Å². The Morgan fingerprint density at radius 2 is 2.33 bits per heavy atom. The topological polar surface area (TPSA) is 64.1 Å². The molecule has 3 rings (SSSR count). The molecule has 1 heterocycles. The Hall–Kier alpha value is -1.14. The summed E-state index contributed by atoms with van der Waals surface area (Å²) in [5.41, 5.74) is -0.489. The molecule has 0 radical (unpaired) electrons. The number of aromatic nitrogens is 2. The summed E-state index contributed by atoms with van der Waals surface area (Å²) in [6.45, 7) is 2.30. The van der Waals surface area contributed by atoms with E-state index in [2.05, 4.69) is 15.3 Å². The summed E-state index contributed by atoms with van der Waals surface area (Å²) in [4.78, 5) is 20.8. The van der Waals surface area contributed by atoms with Gasteiger partial charge in [-0.25, -0.2) is 4.98 Å². The minimum absolute atomic E-state index is 0.0841. The number of ether oxygens (including phenoxy) is 1. The number of carbonyl (C=O) groups excluding carboxylic acids is 1. The number of esters is 1. The molecule has 1 N–H and O–H groups in total. The van der Waals surface area contributed by atoms with Gasteiger partial charge in [0.05, 0.1) is 12.8 Å². The predicted molar refractivity (Wildman–Crippen MR) is 81.0 cm³/mol. The molecule has 1 aromatic heterocycles. The molecule has 21 heavy (non-hydrogen) atoms. The third-order valence-corrected chi connectivity index (χ3v) is 5.21. The first-order valence-corrected chi connectivity index (χ1v) is 8.47. The zero-order chi connectivity index (χ0) is 14.7. The normalized spacial score (nSPS) is 28.5. The van der Waals surface area contributed by atoms with Gasteiger partial charge in [0.25, 0.3) is 0 Å². The molecule has 1 aromatic rings. The van der Waals surface area contributed by atoms with Crippen molar-refractivity contribution in [1.29, 1.82) is 0 Å². The van der Waals surface area contributed by atoms with Crippen LogP contribution >= 0.6 is 11.8 Å². The fourth-order valence-corrected chi connectivity index (χ4v) is 4.07. The lowest BCUT2D eigenvalue weighted by atomic mass is 9.97. The maximum Gasteiger partial charge on any atom is 0.326 e. The fraction of sp³-hybridized carbons (Fsp3) is 0.667. The third kappa shape index (κ3) is 3.55. The maximum absolute atomic E-state index is 12.4. The largest absolute Gasteiger partial charge is 0.465 e. The Labute approximate surface area is 129 Å². The van der Waals surface area contributed by atoms with Crippen molar-refractivity contribution in [3.8, 4) is 0 Å². The van der Waals surface area contributed by atoms with E-state index in [0.717, 1.165) is 24.3 Å². The number of carbonyl (C=O) groups is 1. The van der Waals surface area contributed by atoms with Gasteiger partial charge in [0, 0.05) is 23.7 Å². The van der Waals surface area contributed by atoms with Crippen LogP contribution in [0.2, 0.25) is 0 Å². The van der Waals surface area contributed by atoms with Crippen LogP contribution < -0.4 is 5.32 Å². The van der Waals surface area contributed by atoms with E-state index in [4.69, 9.17) is 4.74 Å². The summed E-state index contributed by atoms with van der Waals surface area (Å²) in [5.74, 6) is -0.0841. The first-order chi connectivity index (χ1) is 10.2. The van der Waals surface area contributed by atoms with Crippen molar-refractivity contribution in [1.82, 2.24) is 15.3 Å². The number of thioether (sulfide) groups is 1. The Morgan fingerprint density at radius 3 is 3.00 bits per heavy atom. The number of hydrogen-bond acceptors (Lipinski definition) is 6. The molecule has 5 nitrogen and oxygen atoms in total. The molecule has 0 saturated heterocycles. The van der Waals surface area contributed by atoms with Gasteiger partial charge in [-0.1, -0.05) is 0 Å². The number of hydrogen-bond donors (Lipinski definition) is 1. The van der Waals surface area contributed by atoms with Crippen LogP contribution in [0.4, 0.5) is 0 Å².